The SMILES string of the molecule is C=CCNC(=NCc1ccccn1)NC[C@@H](C)N(CC)CC. The van der Waals surface area contributed by atoms with Crippen LogP contribution in [0.3, 0.4) is 0 Å². The highest BCUT2D eigenvalue weighted by Crippen LogP contribution is 1.98. The van der Waals surface area contributed by atoms with Crippen molar-refractivity contribution in [1.82, 2.24) is 20.5 Å². The third-order valence-corrected chi connectivity index (χ3v) is 3.54. The van der Waals surface area contributed by atoms with E-state index in [1.165, 1.54) is 0 Å². The van der Waals surface area contributed by atoms with Crippen LogP contribution in [-0.4, -0.2) is 48.1 Å². The maximum absolute atomic E-state index is 4.58. The van der Waals surface area contributed by atoms with E-state index in [0.29, 0.717) is 19.1 Å². The van der Waals surface area contributed by atoms with Gasteiger partial charge in [0.05, 0.1) is 12.2 Å². The van der Waals surface area contributed by atoms with Crippen LogP contribution in [0.4, 0.5) is 0 Å². The molecule has 1 aromatic rings. The van der Waals surface area contributed by atoms with Gasteiger partial charge in [-0.1, -0.05) is 26.0 Å². The van der Waals surface area contributed by atoms with Crippen LogP contribution in [-0.2, 0) is 6.54 Å². The van der Waals surface area contributed by atoms with Crippen molar-refractivity contribution in [1.29, 1.82) is 0 Å². The minimum absolute atomic E-state index is 0.459. The van der Waals surface area contributed by atoms with Gasteiger partial charge >= 0.3 is 0 Å². The number of guanidine groups is 1. The Labute approximate surface area is 134 Å². The fourth-order valence-corrected chi connectivity index (χ4v) is 2.22. The van der Waals surface area contributed by atoms with E-state index in [9.17, 15) is 0 Å². The average Bonchev–Trinajstić information content (AvgIpc) is 2.56. The van der Waals surface area contributed by atoms with Gasteiger partial charge in [0, 0.05) is 25.3 Å². The molecule has 0 saturated carbocycles. The number of likely N-dealkylation sites (N-methyl/N-ethyl adjacent to an activating group) is 1. The first kappa shape index (κ1) is 18.2. The van der Waals surface area contributed by atoms with Gasteiger partial charge in [-0.25, -0.2) is 4.99 Å². The van der Waals surface area contributed by atoms with Crippen molar-refractivity contribution in [3.63, 3.8) is 0 Å². The van der Waals surface area contributed by atoms with Gasteiger partial charge in [0.15, 0.2) is 5.96 Å². The molecule has 0 radical (unpaired) electrons. The lowest BCUT2D eigenvalue weighted by atomic mass is 10.3. The van der Waals surface area contributed by atoms with Crippen LogP contribution in [0.1, 0.15) is 26.5 Å². The molecule has 1 atom stereocenters. The summed E-state index contributed by atoms with van der Waals surface area (Å²) in [6, 6.07) is 6.33. The van der Waals surface area contributed by atoms with Gasteiger partial charge in [0.2, 0.25) is 0 Å². The van der Waals surface area contributed by atoms with Crippen molar-refractivity contribution in [3.8, 4) is 0 Å². The van der Waals surface area contributed by atoms with Crippen molar-refractivity contribution < 1.29 is 0 Å². The normalized spacial score (nSPS) is 13.0. The van der Waals surface area contributed by atoms with E-state index in [-0.39, 0.29) is 0 Å². The Hall–Kier alpha value is -1.88. The number of aliphatic imine (C=N–C) groups is 1. The molecule has 0 aliphatic heterocycles. The molecule has 0 aromatic carbocycles. The van der Waals surface area contributed by atoms with Gasteiger partial charge in [-0.15, -0.1) is 6.58 Å². The Morgan fingerprint density at radius 3 is 2.73 bits per heavy atom. The molecule has 1 aromatic heterocycles. The number of nitrogens with one attached hydrogen (secondary N) is 2. The number of hydrogen-bond donors (Lipinski definition) is 2. The molecule has 0 aliphatic rings. The highest BCUT2D eigenvalue weighted by atomic mass is 15.2. The van der Waals surface area contributed by atoms with Crippen LogP contribution in [0.5, 0.6) is 0 Å². The zero-order valence-electron chi connectivity index (χ0n) is 14.0. The molecular weight excluding hydrogens is 274 g/mol. The molecule has 1 rings (SSSR count). The quantitative estimate of drug-likeness (QED) is 0.416. The summed E-state index contributed by atoms with van der Waals surface area (Å²) < 4.78 is 0. The summed E-state index contributed by atoms with van der Waals surface area (Å²) >= 11 is 0. The molecule has 0 aliphatic carbocycles. The first-order chi connectivity index (χ1) is 10.7. The van der Waals surface area contributed by atoms with E-state index in [0.717, 1.165) is 31.3 Å². The summed E-state index contributed by atoms with van der Waals surface area (Å²) in [6.07, 6.45) is 3.61. The van der Waals surface area contributed by atoms with E-state index in [2.05, 4.69) is 52.9 Å². The lowest BCUT2D eigenvalue weighted by Gasteiger charge is -2.27. The summed E-state index contributed by atoms with van der Waals surface area (Å²) in [5.41, 5.74) is 0.957. The fraction of sp³-hybridized carbons (Fsp3) is 0.529. The van der Waals surface area contributed by atoms with E-state index >= 15 is 0 Å². The summed E-state index contributed by atoms with van der Waals surface area (Å²) in [5.74, 6) is 0.796. The molecule has 0 saturated heterocycles. The summed E-state index contributed by atoms with van der Waals surface area (Å²) in [6.45, 7) is 14.5. The molecule has 5 nitrogen and oxygen atoms in total. The van der Waals surface area contributed by atoms with Crippen molar-refractivity contribution >= 4 is 5.96 Å². The zero-order chi connectivity index (χ0) is 16.2. The van der Waals surface area contributed by atoms with Crippen LogP contribution < -0.4 is 10.6 Å². The number of rotatable bonds is 9. The largest absolute Gasteiger partial charge is 0.355 e. The van der Waals surface area contributed by atoms with Gasteiger partial charge in [-0.05, 0) is 32.1 Å². The Morgan fingerprint density at radius 2 is 2.14 bits per heavy atom. The minimum atomic E-state index is 0.459. The van der Waals surface area contributed by atoms with Crippen LogP contribution in [0.2, 0.25) is 0 Å². The average molecular weight is 303 g/mol. The van der Waals surface area contributed by atoms with E-state index in [1.807, 2.05) is 24.3 Å². The molecule has 0 unspecified atom stereocenters. The molecule has 122 valence electrons. The maximum atomic E-state index is 4.58. The molecule has 0 bridgehead atoms. The lowest BCUT2D eigenvalue weighted by molar-refractivity contribution is 0.231. The summed E-state index contributed by atoms with van der Waals surface area (Å²) in [4.78, 5) is 11.3. The Kier molecular flexibility index (Phi) is 8.91. The zero-order valence-corrected chi connectivity index (χ0v) is 14.0. The summed E-state index contributed by atoms with van der Waals surface area (Å²) in [7, 11) is 0. The van der Waals surface area contributed by atoms with Crippen molar-refractivity contribution in [3.05, 3.63) is 42.7 Å². The number of nitrogens with zero attached hydrogens (tertiary/aromatic N) is 3. The van der Waals surface area contributed by atoms with E-state index in [4.69, 9.17) is 0 Å². The van der Waals surface area contributed by atoms with Gasteiger partial charge in [-0.3, -0.25) is 9.88 Å². The standard InChI is InChI=1S/C17H29N5/c1-5-11-19-17(20-13-15(4)22(6-2)7-3)21-14-16-10-8-9-12-18-16/h5,8-10,12,15H,1,6-7,11,13-14H2,2-4H3,(H2,19,20,21)/t15-/m1/s1. The number of aromatic nitrogens is 1. The van der Waals surface area contributed by atoms with Crippen LogP contribution in [0.25, 0.3) is 0 Å². The third kappa shape index (κ3) is 6.72. The Bertz CT molecular complexity index is 440. The second-order valence-electron chi connectivity index (χ2n) is 5.11. The molecule has 0 fully saturated rings. The van der Waals surface area contributed by atoms with Crippen molar-refractivity contribution in [2.45, 2.75) is 33.4 Å². The van der Waals surface area contributed by atoms with Gasteiger partial charge < -0.3 is 10.6 Å². The third-order valence-electron chi connectivity index (χ3n) is 3.54. The smallest absolute Gasteiger partial charge is 0.191 e. The highest BCUT2D eigenvalue weighted by molar-refractivity contribution is 5.79. The Balaban J connectivity index is 2.57. The molecule has 22 heavy (non-hydrogen) atoms. The van der Waals surface area contributed by atoms with Gasteiger partial charge in [0.1, 0.15) is 0 Å². The van der Waals surface area contributed by atoms with Crippen LogP contribution in [0.15, 0.2) is 42.0 Å². The molecule has 1 heterocycles. The van der Waals surface area contributed by atoms with Crippen molar-refractivity contribution in [2.24, 2.45) is 4.99 Å². The monoisotopic (exact) mass is 303 g/mol. The minimum Gasteiger partial charge on any atom is -0.355 e. The first-order valence-electron chi connectivity index (χ1n) is 7.98. The van der Waals surface area contributed by atoms with Crippen LogP contribution >= 0.6 is 0 Å². The second-order valence-corrected chi connectivity index (χ2v) is 5.11. The lowest BCUT2D eigenvalue weighted by Crippen LogP contribution is -2.46. The molecular formula is C17H29N5. The topological polar surface area (TPSA) is 52.6 Å². The maximum Gasteiger partial charge on any atom is 0.191 e. The Morgan fingerprint density at radius 1 is 1.36 bits per heavy atom. The van der Waals surface area contributed by atoms with Gasteiger partial charge in [-0.2, -0.15) is 0 Å². The first-order valence-corrected chi connectivity index (χ1v) is 7.98. The predicted octanol–water partition coefficient (Wildman–Crippen LogP) is 2.03. The van der Waals surface area contributed by atoms with Gasteiger partial charge in [0.25, 0.3) is 0 Å². The number of pyridine rings is 1. The van der Waals surface area contributed by atoms with Crippen molar-refractivity contribution in [2.75, 3.05) is 26.2 Å². The molecule has 0 amide bonds. The summed E-state index contributed by atoms with van der Waals surface area (Å²) in [5, 5.41) is 6.64. The van der Waals surface area contributed by atoms with E-state index in [1.54, 1.807) is 6.20 Å². The fourth-order valence-electron chi connectivity index (χ4n) is 2.22. The molecule has 2 N–H and O–H groups in total. The van der Waals surface area contributed by atoms with E-state index < -0.39 is 0 Å². The van der Waals surface area contributed by atoms with Crippen LogP contribution in [0, 0.1) is 0 Å². The number of hydrogen-bond acceptors (Lipinski definition) is 3. The second kappa shape index (κ2) is 10.8. The highest BCUT2D eigenvalue weighted by Gasteiger charge is 2.10. The molecule has 0 spiro atoms. The molecule has 5 heteroatoms. The predicted molar refractivity (Wildman–Crippen MR) is 94.0 cm³/mol.